The highest BCUT2D eigenvalue weighted by molar-refractivity contribution is 5.82. The van der Waals surface area contributed by atoms with Gasteiger partial charge in [0.2, 0.25) is 5.91 Å². The molecule has 1 saturated heterocycles. The minimum absolute atomic E-state index is 0.0270. The van der Waals surface area contributed by atoms with Crippen LogP contribution in [0.3, 0.4) is 0 Å². The molecule has 0 aromatic heterocycles. The van der Waals surface area contributed by atoms with Gasteiger partial charge >= 0.3 is 0 Å². The van der Waals surface area contributed by atoms with Gasteiger partial charge in [-0.25, -0.2) is 0 Å². The van der Waals surface area contributed by atoms with E-state index >= 15 is 0 Å². The fourth-order valence-corrected chi connectivity index (χ4v) is 2.25. The van der Waals surface area contributed by atoms with Gasteiger partial charge in [-0.2, -0.15) is 0 Å². The van der Waals surface area contributed by atoms with Crippen molar-refractivity contribution in [2.75, 3.05) is 40.0 Å². The summed E-state index contributed by atoms with van der Waals surface area (Å²) in [5.41, 5.74) is 0.0270. The summed E-state index contributed by atoms with van der Waals surface area (Å²) in [6.07, 6.45) is 2.22. The Morgan fingerprint density at radius 1 is 1.39 bits per heavy atom. The second kappa shape index (κ2) is 7.71. The molecule has 1 rings (SSSR count). The van der Waals surface area contributed by atoms with Crippen LogP contribution in [0.15, 0.2) is 0 Å². The lowest BCUT2D eigenvalue weighted by Crippen LogP contribution is -2.55. The fraction of sp³-hybridized carbons (Fsp3) is 0.923. The summed E-state index contributed by atoms with van der Waals surface area (Å²) in [5.74, 6) is 0.0787. The smallest absolute Gasteiger partial charge is 0.237 e. The number of carbonyl (C=O) groups is 1. The van der Waals surface area contributed by atoms with Crippen molar-refractivity contribution >= 4 is 5.91 Å². The van der Waals surface area contributed by atoms with E-state index in [4.69, 9.17) is 9.47 Å². The van der Waals surface area contributed by atoms with Crippen LogP contribution >= 0.6 is 0 Å². The zero-order chi connectivity index (χ0) is 13.4. The molecule has 1 heterocycles. The number of rotatable bonds is 7. The van der Waals surface area contributed by atoms with Gasteiger partial charge in [-0.1, -0.05) is 13.8 Å². The van der Waals surface area contributed by atoms with E-state index in [1.54, 1.807) is 7.11 Å². The van der Waals surface area contributed by atoms with E-state index in [1.807, 2.05) is 0 Å². The van der Waals surface area contributed by atoms with E-state index in [2.05, 4.69) is 24.5 Å². The molecule has 5 heteroatoms. The van der Waals surface area contributed by atoms with Gasteiger partial charge in [-0.15, -0.1) is 0 Å². The zero-order valence-electron chi connectivity index (χ0n) is 11.8. The number of ether oxygens (including phenoxy) is 2. The van der Waals surface area contributed by atoms with Gasteiger partial charge in [-0.05, 0) is 24.8 Å². The van der Waals surface area contributed by atoms with Crippen LogP contribution in [0.5, 0.6) is 0 Å². The van der Waals surface area contributed by atoms with Gasteiger partial charge in [0.25, 0.3) is 0 Å². The normalized spacial score (nSPS) is 22.7. The first kappa shape index (κ1) is 15.4. The lowest BCUT2D eigenvalue weighted by molar-refractivity contribution is -0.127. The summed E-state index contributed by atoms with van der Waals surface area (Å²) in [4.78, 5) is 12.0. The van der Waals surface area contributed by atoms with Crippen LogP contribution in [-0.4, -0.2) is 52.0 Å². The molecule has 0 bridgehead atoms. The molecule has 1 atom stereocenters. The Kier molecular flexibility index (Phi) is 6.60. The van der Waals surface area contributed by atoms with E-state index in [1.165, 1.54) is 0 Å². The van der Waals surface area contributed by atoms with Crippen molar-refractivity contribution in [2.45, 2.75) is 32.7 Å². The molecule has 2 N–H and O–H groups in total. The fourth-order valence-electron chi connectivity index (χ4n) is 2.25. The van der Waals surface area contributed by atoms with Crippen molar-refractivity contribution in [3.05, 3.63) is 0 Å². The Labute approximate surface area is 110 Å². The van der Waals surface area contributed by atoms with E-state index in [0.29, 0.717) is 26.4 Å². The van der Waals surface area contributed by atoms with Crippen molar-refractivity contribution in [3.63, 3.8) is 0 Å². The number of piperidine rings is 1. The van der Waals surface area contributed by atoms with Gasteiger partial charge in [0.05, 0.1) is 25.9 Å². The lowest BCUT2D eigenvalue weighted by atomic mass is 9.77. The first-order valence-electron chi connectivity index (χ1n) is 6.66. The highest BCUT2D eigenvalue weighted by atomic mass is 16.5. The number of nitrogens with one attached hydrogen (secondary N) is 2. The number of amides is 1. The summed E-state index contributed by atoms with van der Waals surface area (Å²) >= 11 is 0. The standard InChI is InChI=1S/C13H26N2O3/c1-13(2)5-4-6-14-11(13)12(16)15-7-8-18-10-9-17-3/h11,14H,4-10H2,1-3H3,(H,15,16). The van der Waals surface area contributed by atoms with E-state index in [0.717, 1.165) is 19.4 Å². The summed E-state index contributed by atoms with van der Waals surface area (Å²) in [6.45, 7) is 7.44. The topological polar surface area (TPSA) is 59.6 Å². The second-order valence-corrected chi connectivity index (χ2v) is 5.38. The van der Waals surface area contributed by atoms with Crippen LogP contribution in [0.2, 0.25) is 0 Å². The maximum absolute atomic E-state index is 12.0. The molecule has 18 heavy (non-hydrogen) atoms. The molecular formula is C13H26N2O3. The summed E-state index contributed by atoms with van der Waals surface area (Å²) in [7, 11) is 1.64. The van der Waals surface area contributed by atoms with Crippen LogP contribution in [0.1, 0.15) is 26.7 Å². The summed E-state index contributed by atoms with van der Waals surface area (Å²) in [6, 6.07) is -0.0924. The average Bonchev–Trinajstić information content (AvgIpc) is 2.32. The molecule has 106 valence electrons. The maximum atomic E-state index is 12.0. The third kappa shape index (κ3) is 4.92. The van der Waals surface area contributed by atoms with Crippen LogP contribution in [0.25, 0.3) is 0 Å². The van der Waals surface area contributed by atoms with Crippen LogP contribution in [0, 0.1) is 5.41 Å². The maximum Gasteiger partial charge on any atom is 0.237 e. The molecular weight excluding hydrogens is 232 g/mol. The van der Waals surface area contributed by atoms with E-state index in [9.17, 15) is 4.79 Å². The van der Waals surface area contributed by atoms with Crippen molar-refractivity contribution in [1.29, 1.82) is 0 Å². The zero-order valence-corrected chi connectivity index (χ0v) is 11.8. The van der Waals surface area contributed by atoms with E-state index < -0.39 is 0 Å². The molecule has 0 saturated carbocycles. The number of carbonyl (C=O) groups excluding carboxylic acids is 1. The highest BCUT2D eigenvalue weighted by Gasteiger charge is 2.36. The number of methoxy groups -OCH3 is 1. The lowest BCUT2D eigenvalue weighted by Gasteiger charge is -2.38. The Morgan fingerprint density at radius 3 is 2.83 bits per heavy atom. The average molecular weight is 258 g/mol. The van der Waals surface area contributed by atoms with Crippen molar-refractivity contribution in [3.8, 4) is 0 Å². The first-order valence-corrected chi connectivity index (χ1v) is 6.66. The van der Waals surface area contributed by atoms with Crippen LogP contribution < -0.4 is 10.6 Å². The largest absolute Gasteiger partial charge is 0.382 e. The van der Waals surface area contributed by atoms with Gasteiger partial charge in [0.1, 0.15) is 0 Å². The van der Waals surface area contributed by atoms with Gasteiger partial charge < -0.3 is 20.1 Å². The van der Waals surface area contributed by atoms with Gasteiger partial charge in [-0.3, -0.25) is 4.79 Å². The molecule has 1 aliphatic heterocycles. The monoisotopic (exact) mass is 258 g/mol. The molecule has 1 fully saturated rings. The third-order valence-electron chi connectivity index (χ3n) is 3.37. The minimum Gasteiger partial charge on any atom is -0.382 e. The molecule has 1 aliphatic rings. The molecule has 1 amide bonds. The van der Waals surface area contributed by atoms with Crippen LogP contribution in [-0.2, 0) is 14.3 Å². The van der Waals surface area contributed by atoms with Gasteiger partial charge in [0, 0.05) is 13.7 Å². The third-order valence-corrected chi connectivity index (χ3v) is 3.37. The Bertz CT molecular complexity index is 257. The van der Waals surface area contributed by atoms with Crippen molar-refractivity contribution in [1.82, 2.24) is 10.6 Å². The van der Waals surface area contributed by atoms with Crippen molar-refractivity contribution < 1.29 is 14.3 Å². The highest BCUT2D eigenvalue weighted by Crippen LogP contribution is 2.29. The molecule has 1 unspecified atom stereocenters. The van der Waals surface area contributed by atoms with E-state index in [-0.39, 0.29) is 17.4 Å². The molecule has 5 nitrogen and oxygen atoms in total. The first-order chi connectivity index (χ1) is 8.58. The molecule has 0 radical (unpaired) electrons. The quantitative estimate of drug-likeness (QED) is 0.655. The Hall–Kier alpha value is -0.650. The predicted octanol–water partition coefficient (Wildman–Crippen LogP) is 0.544. The van der Waals surface area contributed by atoms with Crippen LogP contribution in [0.4, 0.5) is 0 Å². The number of hydrogen-bond acceptors (Lipinski definition) is 4. The molecule has 0 spiro atoms. The SMILES string of the molecule is COCCOCCNC(=O)C1NCCCC1(C)C. The Balaban J connectivity index is 2.19. The number of hydrogen-bond donors (Lipinski definition) is 2. The predicted molar refractivity (Wildman–Crippen MR) is 70.5 cm³/mol. The molecule has 0 aromatic rings. The minimum atomic E-state index is -0.0924. The Morgan fingerprint density at radius 2 is 2.17 bits per heavy atom. The van der Waals surface area contributed by atoms with Crippen molar-refractivity contribution in [2.24, 2.45) is 5.41 Å². The summed E-state index contributed by atoms with van der Waals surface area (Å²) < 4.78 is 10.2. The molecule has 0 aliphatic carbocycles. The molecule has 0 aromatic carbocycles. The summed E-state index contributed by atoms with van der Waals surface area (Å²) in [5, 5.41) is 6.22. The second-order valence-electron chi connectivity index (χ2n) is 5.38. The van der Waals surface area contributed by atoms with Gasteiger partial charge in [0.15, 0.2) is 0 Å².